The van der Waals surface area contributed by atoms with Crippen molar-refractivity contribution in [1.29, 1.82) is 0 Å². The number of amides is 2. The third-order valence-corrected chi connectivity index (χ3v) is 8.82. The van der Waals surface area contributed by atoms with Crippen molar-refractivity contribution >= 4 is 29.0 Å². The van der Waals surface area contributed by atoms with Gasteiger partial charge in [-0.3, -0.25) is 9.59 Å². The molecule has 5 rings (SSSR count). The van der Waals surface area contributed by atoms with Gasteiger partial charge in [-0.15, -0.1) is 11.3 Å². The van der Waals surface area contributed by atoms with Gasteiger partial charge in [0.15, 0.2) is 5.01 Å². The van der Waals surface area contributed by atoms with Crippen molar-refractivity contribution in [2.24, 2.45) is 0 Å². The molecule has 1 saturated carbocycles. The molecular weight excluding hydrogens is 519 g/mol. The number of halogens is 3. The monoisotopic (exact) mass is 551 g/mol. The summed E-state index contributed by atoms with van der Waals surface area (Å²) in [7, 11) is 0. The van der Waals surface area contributed by atoms with E-state index in [-0.39, 0.29) is 51.1 Å². The van der Waals surface area contributed by atoms with Gasteiger partial charge in [-0.25, -0.2) is 9.97 Å². The van der Waals surface area contributed by atoms with E-state index in [0.29, 0.717) is 0 Å². The summed E-state index contributed by atoms with van der Waals surface area (Å²) in [5, 5.41) is 15.5. The van der Waals surface area contributed by atoms with Crippen molar-refractivity contribution in [3.05, 3.63) is 28.5 Å². The predicted molar refractivity (Wildman–Crippen MR) is 137 cm³/mol. The van der Waals surface area contributed by atoms with E-state index in [4.69, 9.17) is 0 Å². The number of hydrogen-bond acceptors (Lipinski definition) is 7. The van der Waals surface area contributed by atoms with Crippen molar-refractivity contribution in [3.8, 4) is 10.4 Å². The second-order valence-electron chi connectivity index (χ2n) is 11.5. The molecule has 0 aromatic carbocycles. The van der Waals surface area contributed by atoms with Gasteiger partial charge >= 0.3 is 6.18 Å². The van der Waals surface area contributed by atoms with E-state index in [9.17, 15) is 27.9 Å². The number of thiazole rings is 1. The highest BCUT2D eigenvalue weighted by molar-refractivity contribution is 7.17. The summed E-state index contributed by atoms with van der Waals surface area (Å²) in [6.07, 6.45) is 2.47. The zero-order valence-corrected chi connectivity index (χ0v) is 22.4. The van der Waals surface area contributed by atoms with Gasteiger partial charge < -0.3 is 20.6 Å². The van der Waals surface area contributed by atoms with Crippen LogP contribution in [0, 0.1) is 0 Å². The summed E-state index contributed by atoms with van der Waals surface area (Å²) >= 11 is 0.734. The Morgan fingerprint density at radius 2 is 1.82 bits per heavy atom. The number of carbonyl (C=O) groups is 2. The summed E-state index contributed by atoms with van der Waals surface area (Å²) in [6.45, 7) is 4.89. The second kappa shape index (κ2) is 9.48. The van der Waals surface area contributed by atoms with Crippen LogP contribution in [-0.2, 0) is 6.18 Å². The van der Waals surface area contributed by atoms with E-state index in [1.165, 1.54) is 13.8 Å². The van der Waals surface area contributed by atoms with Crippen molar-refractivity contribution in [3.63, 3.8) is 0 Å². The lowest BCUT2D eigenvalue weighted by molar-refractivity contribution is -0.137. The number of alkyl halides is 3. The topological polar surface area (TPSA) is 107 Å². The summed E-state index contributed by atoms with van der Waals surface area (Å²) in [5.41, 5.74) is -2.89. The highest BCUT2D eigenvalue weighted by atomic mass is 32.1. The van der Waals surface area contributed by atoms with E-state index in [1.54, 1.807) is 4.90 Å². The molecule has 8 nitrogen and oxygen atoms in total. The third-order valence-electron chi connectivity index (χ3n) is 7.73. The molecule has 0 unspecified atom stereocenters. The first-order chi connectivity index (χ1) is 17.7. The Kier molecular flexibility index (Phi) is 6.70. The fraction of sp³-hybridized carbons (Fsp3) is 0.615. The summed E-state index contributed by atoms with van der Waals surface area (Å²) < 4.78 is 43.1. The average Bonchev–Trinajstić information content (AvgIpc) is 3.54. The van der Waals surface area contributed by atoms with Gasteiger partial charge in [0.1, 0.15) is 11.5 Å². The second-order valence-corrected chi connectivity index (χ2v) is 12.5. The van der Waals surface area contributed by atoms with E-state index < -0.39 is 29.2 Å². The lowest BCUT2D eigenvalue weighted by Gasteiger charge is -2.39. The Morgan fingerprint density at radius 1 is 1.18 bits per heavy atom. The normalized spacial score (nSPS) is 22.3. The number of nitrogens with one attached hydrogen (secondary N) is 2. The number of aliphatic hydroxyl groups is 1. The number of hydrogen-bond donors (Lipinski definition) is 3. The van der Waals surface area contributed by atoms with Crippen molar-refractivity contribution < 1.29 is 27.9 Å². The number of aromatic nitrogens is 2. The van der Waals surface area contributed by atoms with Crippen LogP contribution in [0.15, 0.2) is 12.3 Å². The Bertz CT molecular complexity index is 1230. The minimum Gasteiger partial charge on any atom is -0.389 e. The van der Waals surface area contributed by atoms with Crippen LogP contribution in [0.1, 0.15) is 91.6 Å². The van der Waals surface area contributed by atoms with Gasteiger partial charge in [0, 0.05) is 35.9 Å². The highest BCUT2D eigenvalue weighted by Gasteiger charge is 2.45. The molecule has 38 heavy (non-hydrogen) atoms. The van der Waals surface area contributed by atoms with Gasteiger partial charge in [-0.05, 0) is 71.8 Å². The molecule has 0 radical (unpaired) electrons. The Labute approximate surface area is 223 Å². The van der Waals surface area contributed by atoms with E-state index in [2.05, 4.69) is 20.6 Å². The Morgan fingerprint density at radius 3 is 2.34 bits per heavy atom. The maximum absolute atomic E-state index is 14.4. The van der Waals surface area contributed by atoms with Crippen LogP contribution in [0.3, 0.4) is 0 Å². The van der Waals surface area contributed by atoms with Crippen LogP contribution in [-0.4, -0.2) is 61.6 Å². The van der Waals surface area contributed by atoms with Crippen LogP contribution in [0.2, 0.25) is 0 Å². The third kappa shape index (κ3) is 5.25. The molecule has 3 N–H and O–H groups in total. The molecule has 2 saturated heterocycles. The van der Waals surface area contributed by atoms with E-state index in [0.717, 1.165) is 68.5 Å². The lowest BCUT2D eigenvalue weighted by Crippen LogP contribution is -2.41. The number of nitrogens with zero attached hydrogens (tertiary/aromatic N) is 3. The lowest BCUT2D eigenvalue weighted by atomic mass is 9.78. The molecular formula is C26H32F3N5O3S. The fourth-order valence-corrected chi connectivity index (χ4v) is 6.56. The Hall–Kier alpha value is -2.73. The fourth-order valence-electron chi connectivity index (χ4n) is 5.56. The van der Waals surface area contributed by atoms with Gasteiger partial charge in [0.25, 0.3) is 11.8 Å². The molecule has 4 heterocycles. The number of pyridine rings is 1. The number of anilines is 1. The molecule has 1 aliphatic carbocycles. The smallest absolute Gasteiger partial charge is 0.389 e. The van der Waals surface area contributed by atoms with Crippen LogP contribution in [0.5, 0.6) is 0 Å². The summed E-state index contributed by atoms with van der Waals surface area (Å²) in [4.78, 5) is 36.8. The van der Waals surface area contributed by atoms with Gasteiger partial charge in [0.05, 0.1) is 16.0 Å². The standard InChI is InChI=1S/C26H32F3N5O3S/c1-24(2,37)13-31-21(35)22-32-19(23(36)34-14-5-6-15(34)8-7-14)20(38-22)16-12-30-18(11-17(16)26(27,28)29)33-25(3)9-4-10-25/h11-12,14-15,37H,4-10,13H2,1-3H3,(H,30,33)(H,31,35). The minimum absolute atomic E-state index is 0.0315. The highest BCUT2D eigenvalue weighted by Crippen LogP contribution is 2.44. The van der Waals surface area contributed by atoms with Crippen LogP contribution in [0.25, 0.3) is 10.4 Å². The molecule has 0 spiro atoms. The molecule has 2 aliphatic heterocycles. The molecule has 0 atom stereocenters. The number of fused-ring (bicyclic) bond motifs is 2. The molecule has 3 aliphatic rings. The molecule has 12 heteroatoms. The van der Waals surface area contributed by atoms with Crippen LogP contribution in [0.4, 0.5) is 19.0 Å². The molecule has 2 aromatic heterocycles. The first kappa shape index (κ1) is 26.9. The van der Waals surface area contributed by atoms with Crippen molar-refractivity contribution in [2.45, 2.75) is 95.1 Å². The zero-order chi connectivity index (χ0) is 27.5. The molecule has 2 amide bonds. The average molecular weight is 552 g/mol. The molecule has 2 bridgehead atoms. The van der Waals surface area contributed by atoms with Gasteiger partial charge in [-0.2, -0.15) is 13.2 Å². The summed E-state index contributed by atoms with van der Waals surface area (Å²) in [6, 6.07) is 1.04. The van der Waals surface area contributed by atoms with Crippen molar-refractivity contribution in [1.82, 2.24) is 20.2 Å². The zero-order valence-electron chi connectivity index (χ0n) is 21.6. The van der Waals surface area contributed by atoms with Gasteiger partial charge in [-0.1, -0.05) is 0 Å². The van der Waals surface area contributed by atoms with Gasteiger partial charge in [0.2, 0.25) is 0 Å². The van der Waals surface area contributed by atoms with E-state index in [1.807, 2.05) is 6.92 Å². The maximum atomic E-state index is 14.4. The van der Waals surface area contributed by atoms with Crippen LogP contribution >= 0.6 is 11.3 Å². The number of carbonyl (C=O) groups excluding carboxylic acids is 2. The minimum atomic E-state index is -4.73. The Balaban J connectivity index is 1.56. The molecule has 206 valence electrons. The molecule has 3 fully saturated rings. The SMILES string of the molecule is CC(C)(O)CNC(=O)c1nc(C(=O)N2C3CCC2CC3)c(-c2cnc(NC3(C)CCC3)cc2C(F)(F)F)s1. The predicted octanol–water partition coefficient (Wildman–Crippen LogP) is 4.85. The number of rotatable bonds is 7. The first-order valence-electron chi connectivity index (χ1n) is 12.9. The largest absolute Gasteiger partial charge is 0.417 e. The van der Waals surface area contributed by atoms with Crippen LogP contribution < -0.4 is 10.6 Å². The molecule has 2 aromatic rings. The summed E-state index contributed by atoms with van der Waals surface area (Å²) in [5.74, 6) is -1.01. The first-order valence-corrected chi connectivity index (χ1v) is 13.8. The quantitative estimate of drug-likeness (QED) is 0.454. The maximum Gasteiger partial charge on any atom is 0.417 e. The van der Waals surface area contributed by atoms with Crippen molar-refractivity contribution in [2.75, 3.05) is 11.9 Å². The van der Waals surface area contributed by atoms with E-state index >= 15 is 0 Å².